The van der Waals surface area contributed by atoms with Crippen molar-refractivity contribution in [1.29, 1.82) is 0 Å². The highest BCUT2D eigenvalue weighted by Gasteiger charge is 2.08. The molecule has 0 saturated heterocycles. The molecule has 0 aliphatic carbocycles. The average Bonchev–Trinajstić information content (AvgIpc) is 2.03. The Bertz CT molecular complexity index is 314. The number of nitrogens with zero attached hydrogens (tertiary/aromatic N) is 1. The van der Waals surface area contributed by atoms with Crippen molar-refractivity contribution in [1.82, 2.24) is 4.98 Å². The third-order valence-electron chi connectivity index (χ3n) is 1.38. The third kappa shape index (κ3) is 1.80. The second kappa shape index (κ2) is 3.64. The van der Waals surface area contributed by atoms with Crippen molar-refractivity contribution in [3.63, 3.8) is 0 Å². The molecule has 4 nitrogen and oxygen atoms in total. The minimum Gasteiger partial charge on any atom is -0.495 e. The van der Waals surface area contributed by atoms with Crippen LogP contribution in [0.1, 0.15) is 5.69 Å². The third-order valence-corrected chi connectivity index (χ3v) is 2.06. The van der Waals surface area contributed by atoms with Crippen LogP contribution in [0.25, 0.3) is 0 Å². The zero-order valence-corrected chi connectivity index (χ0v) is 7.59. The van der Waals surface area contributed by atoms with E-state index in [1.54, 1.807) is 13.0 Å². The van der Waals surface area contributed by atoms with Crippen molar-refractivity contribution in [2.45, 2.75) is 11.8 Å². The first-order valence-electron chi connectivity index (χ1n) is 3.26. The smallest absolute Gasteiger partial charge is 0.191 e. The highest BCUT2D eigenvalue weighted by Crippen LogP contribution is 2.20. The SMILES string of the molecule is COc1cc(C)ncc1S(=O)O. The molecule has 12 heavy (non-hydrogen) atoms. The van der Waals surface area contributed by atoms with Gasteiger partial charge in [0.05, 0.1) is 7.11 Å². The fraction of sp³-hybridized carbons (Fsp3) is 0.286. The molecule has 1 heterocycles. The molecule has 1 unspecified atom stereocenters. The van der Waals surface area contributed by atoms with E-state index >= 15 is 0 Å². The first-order valence-corrected chi connectivity index (χ1v) is 4.37. The standard InChI is InChI=1S/C7H9NO3S/c1-5-3-6(11-2)7(4-8-5)12(9)10/h3-4H,1-2H3,(H,9,10). The molecule has 0 amide bonds. The van der Waals surface area contributed by atoms with Gasteiger partial charge in [-0.05, 0) is 6.92 Å². The van der Waals surface area contributed by atoms with Gasteiger partial charge in [0.2, 0.25) is 0 Å². The molecule has 1 N–H and O–H groups in total. The number of hydrogen-bond acceptors (Lipinski definition) is 3. The van der Waals surface area contributed by atoms with Crippen LogP contribution in [0.15, 0.2) is 17.2 Å². The molecule has 66 valence electrons. The van der Waals surface area contributed by atoms with Crippen LogP contribution in [0.2, 0.25) is 0 Å². The lowest BCUT2D eigenvalue weighted by Gasteiger charge is -2.04. The van der Waals surface area contributed by atoms with Gasteiger partial charge in [-0.25, -0.2) is 4.21 Å². The number of hydrogen-bond donors (Lipinski definition) is 1. The summed E-state index contributed by atoms with van der Waals surface area (Å²) >= 11 is -2.04. The van der Waals surface area contributed by atoms with E-state index in [9.17, 15) is 4.21 Å². The van der Waals surface area contributed by atoms with Crippen molar-refractivity contribution in [3.05, 3.63) is 18.0 Å². The lowest BCUT2D eigenvalue weighted by Crippen LogP contribution is -1.96. The molecule has 0 aliphatic rings. The first kappa shape index (κ1) is 9.15. The number of aromatic nitrogens is 1. The zero-order chi connectivity index (χ0) is 9.14. The van der Waals surface area contributed by atoms with Crippen LogP contribution < -0.4 is 4.74 Å². The maximum Gasteiger partial charge on any atom is 0.191 e. The van der Waals surface area contributed by atoms with E-state index < -0.39 is 11.1 Å². The van der Waals surface area contributed by atoms with Crippen LogP contribution in [-0.2, 0) is 11.1 Å². The zero-order valence-electron chi connectivity index (χ0n) is 6.77. The normalized spacial score (nSPS) is 12.6. The van der Waals surface area contributed by atoms with Gasteiger partial charge in [0.15, 0.2) is 11.1 Å². The molecule has 1 atom stereocenters. The summed E-state index contributed by atoms with van der Waals surface area (Å²) in [6, 6.07) is 1.61. The van der Waals surface area contributed by atoms with Gasteiger partial charge in [0, 0.05) is 18.0 Å². The minimum atomic E-state index is -2.04. The second-order valence-corrected chi connectivity index (χ2v) is 3.16. The quantitative estimate of drug-likeness (QED) is 0.701. The highest BCUT2D eigenvalue weighted by atomic mass is 32.2. The Balaban J connectivity index is 3.20. The highest BCUT2D eigenvalue weighted by molar-refractivity contribution is 7.79. The number of ether oxygens (including phenoxy) is 1. The van der Waals surface area contributed by atoms with Crippen molar-refractivity contribution in [3.8, 4) is 5.75 Å². The summed E-state index contributed by atoms with van der Waals surface area (Å²) in [4.78, 5) is 4.07. The fourth-order valence-corrected chi connectivity index (χ4v) is 1.27. The summed E-state index contributed by atoms with van der Waals surface area (Å²) < 4.78 is 24.4. The molecule has 0 spiro atoms. The summed E-state index contributed by atoms with van der Waals surface area (Å²) in [5, 5.41) is 0. The summed E-state index contributed by atoms with van der Waals surface area (Å²) in [5.41, 5.74) is 0.751. The van der Waals surface area contributed by atoms with Crippen LogP contribution in [0.4, 0.5) is 0 Å². The van der Waals surface area contributed by atoms with Crippen LogP contribution in [-0.4, -0.2) is 20.9 Å². The fourth-order valence-electron chi connectivity index (χ4n) is 0.813. The molecular formula is C7H9NO3S. The lowest BCUT2D eigenvalue weighted by atomic mass is 10.3. The summed E-state index contributed by atoms with van der Waals surface area (Å²) in [6.07, 6.45) is 1.34. The summed E-state index contributed by atoms with van der Waals surface area (Å²) in [7, 11) is 1.45. The van der Waals surface area contributed by atoms with Gasteiger partial charge in [0.25, 0.3) is 0 Å². The van der Waals surface area contributed by atoms with E-state index in [1.807, 2.05) is 0 Å². The first-order chi connectivity index (χ1) is 5.65. The monoisotopic (exact) mass is 187 g/mol. The molecular weight excluding hydrogens is 178 g/mol. The number of aryl methyl sites for hydroxylation is 1. The summed E-state index contributed by atoms with van der Waals surface area (Å²) in [5.74, 6) is 0.392. The molecule has 0 saturated carbocycles. The maximum absolute atomic E-state index is 10.7. The number of methoxy groups -OCH3 is 1. The molecule has 0 radical (unpaired) electrons. The Morgan fingerprint density at radius 2 is 2.33 bits per heavy atom. The number of rotatable bonds is 2. The predicted molar refractivity (Wildman–Crippen MR) is 44.6 cm³/mol. The lowest BCUT2D eigenvalue weighted by molar-refractivity contribution is 0.400. The molecule has 1 aromatic rings. The number of pyridine rings is 1. The molecule has 5 heteroatoms. The van der Waals surface area contributed by atoms with E-state index in [0.717, 1.165) is 5.69 Å². The van der Waals surface area contributed by atoms with Crippen LogP contribution in [0.5, 0.6) is 5.75 Å². The summed E-state index contributed by atoms with van der Waals surface area (Å²) in [6.45, 7) is 1.78. The topological polar surface area (TPSA) is 59.4 Å². The van der Waals surface area contributed by atoms with Gasteiger partial charge in [-0.1, -0.05) is 0 Å². The minimum absolute atomic E-state index is 0.197. The molecule has 1 aromatic heterocycles. The van der Waals surface area contributed by atoms with E-state index in [-0.39, 0.29) is 4.90 Å². The van der Waals surface area contributed by atoms with E-state index in [0.29, 0.717) is 5.75 Å². The van der Waals surface area contributed by atoms with Gasteiger partial charge in [-0.15, -0.1) is 0 Å². The van der Waals surface area contributed by atoms with Crippen molar-refractivity contribution in [2.75, 3.05) is 7.11 Å². The van der Waals surface area contributed by atoms with E-state index in [1.165, 1.54) is 13.3 Å². The predicted octanol–water partition coefficient (Wildman–Crippen LogP) is 0.979. The van der Waals surface area contributed by atoms with Gasteiger partial charge in [-0.3, -0.25) is 4.98 Å². The van der Waals surface area contributed by atoms with Crippen molar-refractivity contribution in [2.24, 2.45) is 0 Å². The Morgan fingerprint density at radius 3 is 2.83 bits per heavy atom. The molecule has 0 aromatic carbocycles. The van der Waals surface area contributed by atoms with Gasteiger partial charge < -0.3 is 9.29 Å². The van der Waals surface area contributed by atoms with Crippen molar-refractivity contribution < 1.29 is 13.5 Å². The molecule has 1 rings (SSSR count). The average molecular weight is 187 g/mol. The van der Waals surface area contributed by atoms with Crippen LogP contribution in [0.3, 0.4) is 0 Å². The Hall–Kier alpha value is -0.940. The Morgan fingerprint density at radius 1 is 1.67 bits per heavy atom. The molecule has 0 bridgehead atoms. The van der Waals surface area contributed by atoms with Gasteiger partial charge >= 0.3 is 0 Å². The van der Waals surface area contributed by atoms with E-state index in [4.69, 9.17) is 9.29 Å². The maximum atomic E-state index is 10.7. The molecule has 0 fully saturated rings. The van der Waals surface area contributed by atoms with Gasteiger partial charge in [-0.2, -0.15) is 0 Å². The Kier molecular flexibility index (Phi) is 2.78. The van der Waals surface area contributed by atoms with Crippen LogP contribution >= 0.6 is 0 Å². The molecule has 0 aliphatic heterocycles. The van der Waals surface area contributed by atoms with Crippen LogP contribution in [0, 0.1) is 6.92 Å². The van der Waals surface area contributed by atoms with E-state index in [2.05, 4.69) is 4.98 Å². The van der Waals surface area contributed by atoms with Crippen molar-refractivity contribution >= 4 is 11.1 Å². The van der Waals surface area contributed by atoms with Gasteiger partial charge in [0.1, 0.15) is 10.6 Å². The largest absolute Gasteiger partial charge is 0.495 e. The Labute approximate surface area is 72.9 Å². The second-order valence-electron chi connectivity index (χ2n) is 2.23.